The van der Waals surface area contributed by atoms with Crippen molar-refractivity contribution in [3.05, 3.63) is 20.8 Å². The minimum atomic E-state index is -0.575. The predicted octanol–water partition coefficient (Wildman–Crippen LogP) is 4.82. The second kappa shape index (κ2) is 6.31. The molecule has 100 valence electrons. The Hall–Kier alpha value is -0.190. The molecular weight excluding hydrogens is 312 g/mol. The second-order valence-corrected chi connectivity index (χ2v) is 6.40. The van der Waals surface area contributed by atoms with Gasteiger partial charge in [-0.2, -0.15) is 11.3 Å². The molecule has 0 amide bonds. The zero-order valence-electron chi connectivity index (χ0n) is 10.7. The zero-order chi connectivity index (χ0) is 13.0. The number of carbonyl (C=O) groups excluding carboxylic acids is 1. The van der Waals surface area contributed by atoms with Crippen molar-refractivity contribution in [2.45, 2.75) is 51.0 Å². The summed E-state index contributed by atoms with van der Waals surface area (Å²) in [4.78, 5) is 12.8. The summed E-state index contributed by atoms with van der Waals surface area (Å²) in [6.45, 7) is 2.58. The van der Waals surface area contributed by atoms with Gasteiger partial charge in [0.15, 0.2) is 5.78 Å². The van der Waals surface area contributed by atoms with E-state index in [2.05, 4.69) is 15.9 Å². The molecule has 1 saturated carbocycles. The lowest BCUT2D eigenvalue weighted by molar-refractivity contribution is -0.0292. The van der Waals surface area contributed by atoms with Crippen LogP contribution < -0.4 is 0 Å². The van der Waals surface area contributed by atoms with Crippen molar-refractivity contribution >= 4 is 33.0 Å². The van der Waals surface area contributed by atoms with Crippen molar-refractivity contribution < 1.29 is 9.53 Å². The third-order valence-electron chi connectivity index (χ3n) is 3.61. The summed E-state index contributed by atoms with van der Waals surface area (Å²) in [6.07, 6.45) is 6.34. The summed E-state index contributed by atoms with van der Waals surface area (Å²) < 4.78 is 6.83. The summed E-state index contributed by atoms with van der Waals surface area (Å²) in [5, 5.41) is 3.89. The molecule has 0 spiro atoms. The van der Waals surface area contributed by atoms with E-state index in [-0.39, 0.29) is 5.78 Å². The molecule has 1 heterocycles. The van der Waals surface area contributed by atoms with Crippen molar-refractivity contribution in [3.8, 4) is 0 Å². The summed E-state index contributed by atoms with van der Waals surface area (Å²) in [5.74, 6) is 0.166. The Morgan fingerprint density at radius 2 is 2.00 bits per heavy atom. The average Bonchev–Trinajstić information content (AvgIpc) is 2.64. The number of ether oxygens (including phenoxy) is 1. The van der Waals surface area contributed by atoms with E-state index in [9.17, 15) is 4.79 Å². The Labute approximate surface area is 121 Å². The maximum absolute atomic E-state index is 12.8. The SMILES string of the molecule is CCOC1(C(=O)c2cscc2Br)CCCCCC1. The smallest absolute Gasteiger partial charge is 0.196 e. The molecule has 1 fully saturated rings. The van der Waals surface area contributed by atoms with Gasteiger partial charge in [-0.1, -0.05) is 25.7 Å². The Kier molecular flexibility index (Phi) is 4.98. The molecule has 2 rings (SSSR count). The van der Waals surface area contributed by atoms with E-state index in [4.69, 9.17) is 4.74 Å². The highest BCUT2D eigenvalue weighted by atomic mass is 79.9. The van der Waals surface area contributed by atoms with Crippen LogP contribution in [0.4, 0.5) is 0 Å². The third-order valence-corrected chi connectivity index (χ3v) is 5.31. The van der Waals surface area contributed by atoms with E-state index in [1.54, 1.807) is 11.3 Å². The molecule has 0 N–H and O–H groups in total. The lowest BCUT2D eigenvalue weighted by Gasteiger charge is -2.31. The highest BCUT2D eigenvalue weighted by molar-refractivity contribution is 9.10. The summed E-state index contributed by atoms with van der Waals surface area (Å²) >= 11 is 5.02. The van der Waals surface area contributed by atoms with Crippen molar-refractivity contribution in [3.63, 3.8) is 0 Å². The van der Waals surface area contributed by atoms with Gasteiger partial charge in [-0.25, -0.2) is 0 Å². The molecule has 1 aliphatic carbocycles. The maximum Gasteiger partial charge on any atom is 0.196 e. The van der Waals surface area contributed by atoms with Gasteiger partial charge in [0.1, 0.15) is 5.60 Å². The van der Waals surface area contributed by atoms with Crippen LogP contribution in [0.5, 0.6) is 0 Å². The number of hydrogen-bond acceptors (Lipinski definition) is 3. The van der Waals surface area contributed by atoms with E-state index in [0.717, 1.165) is 35.7 Å². The quantitative estimate of drug-likeness (QED) is 0.584. The first-order valence-electron chi connectivity index (χ1n) is 6.60. The molecule has 0 unspecified atom stereocenters. The van der Waals surface area contributed by atoms with Crippen molar-refractivity contribution in [2.75, 3.05) is 6.61 Å². The minimum absolute atomic E-state index is 0.166. The fourth-order valence-electron chi connectivity index (χ4n) is 2.70. The molecule has 0 aromatic carbocycles. The normalized spacial score (nSPS) is 19.4. The van der Waals surface area contributed by atoms with Gasteiger partial charge in [0.2, 0.25) is 0 Å². The van der Waals surface area contributed by atoms with Gasteiger partial charge in [0.25, 0.3) is 0 Å². The van der Waals surface area contributed by atoms with E-state index in [1.807, 2.05) is 17.7 Å². The van der Waals surface area contributed by atoms with Gasteiger partial charge in [-0.15, -0.1) is 0 Å². The highest BCUT2D eigenvalue weighted by Crippen LogP contribution is 2.36. The number of thiophene rings is 1. The van der Waals surface area contributed by atoms with Crippen molar-refractivity contribution in [1.29, 1.82) is 0 Å². The number of ketones is 1. The summed E-state index contributed by atoms with van der Waals surface area (Å²) in [5.41, 5.74) is 0.213. The largest absolute Gasteiger partial charge is 0.367 e. The van der Waals surface area contributed by atoms with Gasteiger partial charge in [-0.3, -0.25) is 4.79 Å². The molecule has 2 nitrogen and oxygen atoms in total. The standard InChI is InChI=1S/C14H19BrO2S/c1-2-17-14(7-5-3-4-6-8-14)13(16)11-9-18-10-12(11)15/h9-10H,2-8H2,1H3. The number of Topliss-reactive ketones (excluding diaryl/α,β-unsaturated/α-hetero) is 1. The van der Waals surface area contributed by atoms with Crippen LogP contribution in [0, 0.1) is 0 Å². The van der Waals surface area contributed by atoms with Crippen LogP contribution in [0.2, 0.25) is 0 Å². The molecule has 0 saturated heterocycles. The molecule has 0 atom stereocenters. The lowest BCUT2D eigenvalue weighted by Crippen LogP contribution is -2.41. The molecular formula is C14H19BrO2S. The Balaban J connectivity index is 2.28. The molecule has 4 heteroatoms. The third kappa shape index (κ3) is 2.86. The summed E-state index contributed by atoms with van der Waals surface area (Å²) in [6, 6.07) is 0. The number of carbonyl (C=O) groups is 1. The van der Waals surface area contributed by atoms with Crippen LogP contribution in [-0.4, -0.2) is 18.0 Å². The molecule has 1 aliphatic rings. The maximum atomic E-state index is 12.8. The predicted molar refractivity (Wildman–Crippen MR) is 78.4 cm³/mol. The number of hydrogen-bond donors (Lipinski definition) is 0. The molecule has 0 bridgehead atoms. The van der Waals surface area contributed by atoms with Crippen LogP contribution in [0.1, 0.15) is 55.8 Å². The molecule has 1 aromatic heterocycles. The lowest BCUT2D eigenvalue weighted by atomic mass is 9.86. The van der Waals surface area contributed by atoms with Crippen LogP contribution in [0.15, 0.2) is 15.2 Å². The Bertz CT molecular complexity index is 406. The molecule has 0 aliphatic heterocycles. The number of halogens is 1. The Morgan fingerprint density at radius 1 is 1.33 bits per heavy atom. The number of rotatable bonds is 4. The first kappa shape index (κ1) is 14.2. The van der Waals surface area contributed by atoms with Crippen LogP contribution >= 0.6 is 27.3 Å². The van der Waals surface area contributed by atoms with Gasteiger partial charge < -0.3 is 4.74 Å². The molecule has 0 radical (unpaired) electrons. The van der Waals surface area contributed by atoms with E-state index in [1.165, 1.54) is 12.8 Å². The van der Waals surface area contributed by atoms with Crippen molar-refractivity contribution in [1.82, 2.24) is 0 Å². The molecule has 18 heavy (non-hydrogen) atoms. The fourth-order valence-corrected chi connectivity index (χ4v) is 4.16. The minimum Gasteiger partial charge on any atom is -0.367 e. The van der Waals surface area contributed by atoms with Gasteiger partial charge in [0.05, 0.1) is 0 Å². The highest BCUT2D eigenvalue weighted by Gasteiger charge is 2.40. The van der Waals surface area contributed by atoms with Gasteiger partial charge >= 0.3 is 0 Å². The van der Waals surface area contributed by atoms with E-state index >= 15 is 0 Å². The first-order chi connectivity index (χ1) is 8.69. The zero-order valence-corrected chi connectivity index (χ0v) is 13.1. The van der Waals surface area contributed by atoms with Crippen LogP contribution in [0.25, 0.3) is 0 Å². The second-order valence-electron chi connectivity index (χ2n) is 4.80. The summed E-state index contributed by atoms with van der Waals surface area (Å²) in [7, 11) is 0. The van der Waals surface area contributed by atoms with E-state index in [0.29, 0.717) is 6.61 Å². The van der Waals surface area contributed by atoms with Crippen LogP contribution in [0.3, 0.4) is 0 Å². The fraction of sp³-hybridized carbons (Fsp3) is 0.643. The monoisotopic (exact) mass is 330 g/mol. The molecule has 1 aromatic rings. The van der Waals surface area contributed by atoms with E-state index < -0.39 is 5.60 Å². The van der Waals surface area contributed by atoms with Gasteiger partial charge in [-0.05, 0) is 35.7 Å². The van der Waals surface area contributed by atoms with Crippen molar-refractivity contribution in [2.24, 2.45) is 0 Å². The first-order valence-corrected chi connectivity index (χ1v) is 8.33. The topological polar surface area (TPSA) is 26.3 Å². The van der Waals surface area contributed by atoms with Gasteiger partial charge in [0, 0.05) is 27.4 Å². The van der Waals surface area contributed by atoms with Crippen LogP contribution in [-0.2, 0) is 4.74 Å². The average molecular weight is 331 g/mol. The Morgan fingerprint density at radius 3 is 2.50 bits per heavy atom.